The summed E-state index contributed by atoms with van der Waals surface area (Å²) in [6.45, 7) is 4.27. The second kappa shape index (κ2) is 6.67. The average Bonchev–Trinajstić information content (AvgIpc) is 2.67. The highest BCUT2D eigenvalue weighted by Crippen LogP contribution is 2.30. The van der Waals surface area contributed by atoms with Gasteiger partial charge < -0.3 is 14.4 Å². The molecule has 25 heavy (non-hydrogen) atoms. The van der Waals surface area contributed by atoms with Gasteiger partial charge in [0.05, 0.1) is 12.7 Å². The number of methoxy groups -OCH3 is 1. The summed E-state index contributed by atoms with van der Waals surface area (Å²) < 4.78 is 10.6. The smallest absolute Gasteiger partial charge is 0.410 e. The first-order valence-corrected chi connectivity index (χ1v) is 9.02. The zero-order valence-corrected chi connectivity index (χ0v) is 14.6. The molecule has 0 N–H and O–H groups in total. The van der Waals surface area contributed by atoms with Gasteiger partial charge in [0.25, 0.3) is 0 Å². The van der Waals surface area contributed by atoms with Crippen LogP contribution in [0.5, 0.6) is 0 Å². The molecule has 1 amide bonds. The summed E-state index contributed by atoms with van der Waals surface area (Å²) in [5.74, 6) is 0.159. The van der Waals surface area contributed by atoms with Gasteiger partial charge in [-0.25, -0.2) is 9.59 Å². The summed E-state index contributed by atoms with van der Waals surface area (Å²) >= 11 is 0. The third-order valence-corrected chi connectivity index (χ3v) is 5.75. The van der Waals surface area contributed by atoms with E-state index in [1.54, 1.807) is 11.0 Å². The zero-order chi connectivity index (χ0) is 17.4. The molecule has 0 spiro atoms. The topological polar surface area (TPSA) is 59.1 Å². The van der Waals surface area contributed by atoms with Crippen molar-refractivity contribution >= 4 is 12.1 Å². The number of hydrogen-bond acceptors (Lipinski definition) is 5. The first kappa shape index (κ1) is 16.4. The van der Waals surface area contributed by atoms with Crippen LogP contribution >= 0.6 is 0 Å². The van der Waals surface area contributed by atoms with Gasteiger partial charge in [0.15, 0.2) is 0 Å². The van der Waals surface area contributed by atoms with Crippen molar-refractivity contribution in [1.29, 1.82) is 0 Å². The molecule has 4 aliphatic rings. The number of benzene rings is 1. The van der Waals surface area contributed by atoms with Gasteiger partial charge >= 0.3 is 12.1 Å². The molecule has 0 aromatic heterocycles. The van der Waals surface area contributed by atoms with Crippen LogP contribution in [0.25, 0.3) is 0 Å². The number of esters is 1. The Morgan fingerprint density at radius 3 is 2.60 bits per heavy atom. The standard InChI is InChI=1S/C19H24N2O4/c1-24-18(22)15-3-2-13-6-9-21(11-16(13)10-15)19(23)25-17-12-20-7-4-14(17)5-8-20/h2-3,10,14,17H,4-9,11-12H2,1H3/t17-/m1/s1. The minimum atomic E-state index is -0.352. The Hall–Kier alpha value is -2.08. The van der Waals surface area contributed by atoms with Crippen LogP contribution in [0.3, 0.4) is 0 Å². The maximum atomic E-state index is 12.6. The molecule has 6 nitrogen and oxygen atoms in total. The highest BCUT2D eigenvalue weighted by molar-refractivity contribution is 5.89. The Kier molecular flexibility index (Phi) is 4.37. The van der Waals surface area contributed by atoms with Crippen molar-refractivity contribution in [2.45, 2.75) is 31.9 Å². The van der Waals surface area contributed by atoms with Gasteiger partial charge in [-0.15, -0.1) is 0 Å². The highest BCUT2D eigenvalue weighted by atomic mass is 16.6. The summed E-state index contributed by atoms with van der Waals surface area (Å²) in [5.41, 5.74) is 2.70. The largest absolute Gasteiger partial charge is 0.465 e. The lowest BCUT2D eigenvalue weighted by molar-refractivity contribution is -0.0446. The molecule has 0 aliphatic carbocycles. The second-order valence-corrected chi connectivity index (χ2v) is 7.21. The summed E-state index contributed by atoms with van der Waals surface area (Å²) in [7, 11) is 1.37. The fraction of sp³-hybridized carbons (Fsp3) is 0.579. The number of carbonyl (C=O) groups is 2. The number of hydrogen-bond donors (Lipinski definition) is 0. The molecule has 134 valence electrons. The van der Waals surface area contributed by atoms with Crippen LogP contribution < -0.4 is 0 Å². The third kappa shape index (κ3) is 3.23. The van der Waals surface area contributed by atoms with E-state index < -0.39 is 0 Å². The Morgan fingerprint density at radius 2 is 1.92 bits per heavy atom. The number of piperidine rings is 3. The van der Waals surface area contributed by atoms with E-state index in [0.29, 0.717) is 24.6 Å². The summed E-state index contributed by atoms with van der Waals surface area (Å²) in [4.78, 5) is 28.5. The van der Waals surface area contributed by atoms with Crippen molar-refractivity contribution in [3.8, 4) is 0 Å². The molecule has 5 rings (SSSR count). The lowest BCUT2D eigenvalue weighted by Crippen LogP contribution is -2.53. The molecule has 1 aromatic carbocycles. The molecule has 1 atom stereocenters. The Morgan fingerprint density at radius 1 is 1.12 bits per heavy atom. The Labute approximate surface area is 147 Å². The highest BCUT2D eigenvalue weighted by Gasteiger charge is 2.37. The number of fused-ring (bicyclic) bond motifs is 4. The molecule has 4 heterocycles. The van der Waals surface area contributed by atoms with Crippen LogP contribution in [0.1, 0.15) is 34.3 Å². The number of amides is 1. The predicted octanol–water partition coefficient (Wildman–Crippen LogP) is 2.06. The maximum Gasteiger partial charge on any atom is 0.410 e. The van der Waals surface area contributed by atoms with Crippen molar-refractivity contribution in [1.82, 2.24) is 9.80 Å². The number of ether oxygens (including phenoxy) is 2. The predicted molar refractivity (Wildman–Crippen MR) is 91.3 cm³/mol. The quantitative estimate of drug-likeness (QED) is 0.769. The zero-order valence-electron chi connectivity index (χ0n) is 14.6. The second-order valence-electron chi connectivity index (χ2n) is 7.21. The average molecular weight is 344 g/mol. The van der Waals surface area contributed by atoms with Gasteiger partial charge in [-0.3, -0.25) is 4.90 Å². The van der Waals surface area contributed by atoms with Gasteiger partial charge in [0.1, 0.15) is 6.10 Å². The molecule has 6 heteroatoms. The van der Waals surface area contributed by atoms with Crippen molar-refractivity contribution in [3.63, 3.8) is 0 Å². The summed E-state index contributed by atoms with van der Waals surface area (Å²) in [6.07, 6.45) is 2.84. The lowest BCUT2D eigenvalue weighted by Gasteiger charge is -2.44. The molecule has 0 radical (unpaired) electrons. The van der Waals surface area contributed by atoms with Crippen molar-refractivity contribution < 1.29 is 19.1 Å². The van der Waals surface area contributed by atoms with E-state index in [0.717, 1.165) is 44.5 Å². The van der Waals surface area contributed by atoms with Crippen LogP contribution in [0.15, 0.2) is 18.2 Å². The van der Waals surface area contributed by atoms with Crippen molar-refractivity contribution in [3.05, 3.63) is 34.9 Å². The monoisotopic (exact) mass is 344 g/mol. The van der Waals surface area contributed by atoms with Gasteiger partial charge in [0, 0.05) is 19.6 Å². The fourth-order valence-corrected chi connectivity index (χ4v) is 4.21. The molecule has 3 saturated heterocycles. The van der Waals surface area contributed by atoms with Crippen LogP contribution in [-0.4, -0.2) is 61.3 Å². The van der Waals surface area contributed by atoms with E-state index in [1.807, 2.05) is 12.1 Å². The van der Waals surface area contributed by atoms with Crippen LogP contribution in [0.2, 0.25) is 0 Å². The molecular weight excluding hydrogens is 320 g/mol. The molecule has 0 unspecified atom stereocenters. The van der Waals surface area contributed by atoms with E-state index in [-0.39, 0.29) is 18.2 Å². The van der Waals surface area contributed by atoms with Gasteiger partial charge in [-0.1, -0.05) is 6.07 Å². The SMILES string of the molecule is COC(=O)c1ccc2c(c1)CN(C(=O)O[C@@H]1CN3CCC1CC3)CC2. The Balaban J connectivity index is 1.42. The van der Waals surface area contributed by atoms with Crippen LogP contribution in [0, 0.1) is 5.92 Å². The normalized spacial score (nSPS) is 27.6. The van der Waals surface area contributed by atoms with Crippen molar-refractivity contribution in [2.75, 3.05) is 33.3 Å². The van der Waals surface area contributed by atoms with E-state index >= 15 is 0 Å². The maximum absolute atomic E-state index is 12.6. The van der Waals surface area contributed by atoms with Gasteiger partial charge in [0.2, 0.25) is 0 Å². The number of nitrogens with zero attached hydrogens (tertiary/aromatic N) is 2. The third-order valence-electron chi connectivity index (χ3n) is 5.75. The summed E-state index contributed by atoms with van der Waals surface area (Å²) in [5, 5.41) is 0. The molecule has 1 aromatic rings. The molecule has 3 fully saturated rings. The van der Waals surface area contributed by atoms with Crippen molar-refractivity contribution in [2.24, 2.45) is 5.92 Å². The first-order chi connectivity index (χ1) is 12.1. The van der Waals surface area contributed by atoms with E-state index in [2.05, 4.69) is 4.90 Å². The fourth-order valence-electron chi connectivity index (χ4n) is 4.21. The Bertz CT molecular complexity index is 682. The van der Waals surface area contributed by atoms with E-state index in [4.69, 9.17) is 9.47 Å². The molecule has 4 aliphatic heterocycles. The van der Waals surface area contributed by atoms with Gasteiger partial charge in [-0.05, 0) is 61.5 Å². The molecule has 0 saturated carbocycles. The first-order valence-electron chi connectivity index (χ1n) is 9.02. The minimum Gasteiger partial charge on any atom is -0.465 e. The summed E-state index contributed by atoms with van der Waals surface area (Å²) in [6, 6.07) is 5.57. The van der Waals surface area contributed by atoms with Crippen LogP contribution in [0.4, 0.5) is 4.79 Å². The number of rotatable bonds is 2. The molecule has 2 bridgehead atoms. The van der Waals surface area contributed by atoms with E-state index in [1.165, 1.54) is 12.7 Å². The number of carbonyl (C=O) groups excluding carboxylic acids is 2. The lowest BCUT2D eigenvalue weighted by atomic mass is 9.86. The minimum absolute atomic E-state index is 0.0257. The molecular formula is C19H24N2O4. The van der Waals surface area contributed by atoms with Crippen LogP contribution in [-0.2, 0) is 22.4 Å². The van der Waals surface area contributed by atoms with E-state index in [9.17, 15) is 9.59 Å². The van der Waals surface area contributed by atoms with Gasteiger partial charge in [-0.2, -0.15) is 0 Å².